The average molecular weight is 144 g/mol. The number of ether oxygens (including phenoxy) is 2. The maximum absolute atomic E-state index is 5.49. The smallest absolute Gasteiger partial charge is 0.0600 e. The highest BCUT2D eigenvalue weighted by molar-refractivity contribution is 4.69. The standard InChI is InChI=1S/C8H16O2/c1-7-5-8(10-6-7)3-4-9-2/h7-8H,3-6H2,1-2H3/t7-,8?/m1/s1. The molecule has 0 aromatic heterocycles. The van der Waals surface area contributed by atoms with Gasteiger partial charge in [0.2, 0.25) is 0 Å². The van der Waals surface area contributed by atoms with Gasteiger partial charge < -0.3 is 9.47 Å². The van der Waals surface area contributed by atoms with E-state index < -0.39 is 0 Å². The maximum atomic E-state index is 5.49. The van der Waals surface area contributed by atoms with E-state index in [4.69, 9.17) is 9.47 Å². The van der Waals surface area contributed by atoms with E-state index in [0.29, 0.717) is 6.10 Å². The Labute approximate surface area is 62.5 Å². The number of rotatable bonds is 3. The van der Waals surface area contributed by atoms with Gasteiger partial charge in [0.15, 0.2) is 0 Å². The molecule has 2 nitrogen and oxygen atoms in total. The van der Waals surface area contributed by atoms with Crippen LogP contribution in [0.1, 0.15) is 19.8 Å². The van der Waals surface area contributed by atoms with Crippen molar-refractivity contribution in [2.24, 2.45) is 5.92 Å². The van der Waals surface area contributed by atoms with E-state index in [0.717, 1.165) is 25.6 Å². The summed E-state index contributed by atoms with van der Waals surface area (Å²) in [6.45, 7) is 4.00. The molecule has 2 heteroatoms. The molecule has 10 heavy (non-hydrogen) atoms. The van der Waals surface area contributed by atoms with Crippen LogP contribution in [0.15, 0.2) is 0 Å². The first-order valence-electron chi connectivity index (χ1n) is 3.93. The summed E-state index contributed by atoms with van der Waals surface area (Å²) in [5, 5.41) is 0. The van der Waals surface area contributed by atoms with Gasteiger partial charge in [0.1, 0.15) is 0 Å². The van der Waals surface area contributed by atoms with Crippen molar-refractivity contribution >= 4 is 0 Å². The maximum Gasteiger partial charge on any atom is 0.0600 e. The molecular formula is C8H16O2. The third kappa shape index (κ3) is 2.27. The monoisotopic (exact) mass is 144 g/mol. The van der Waals surface area contributed by atoms with Gasteiger partial charge in [0, 0.05) is 20.3 Å². The summed E-state index contributed by atoms with van der Waals surface area (Å²) in [7, 11) is 1.73. The van der Waals surface area contributed by atoms with Gasteiger partial charge in [-0.05, 0) is 18.8 Å². The number of hydrogen-bond acceptors (Lipinski definition) is 2. The van der Waals surface area contributed by atoms with Crippen LogP contribution in [-0.2, 0) is 9.47 Å². The third-order valence-corrected chi connectivity index (χ3v) is 1.93. The predicted molar refractivity (Wildman–Crippen MR) is 40.0 cm³/mol. The van der Waals surface area contributed by atoms with Gasteiger partial charge in [-0.1, -0.05) is 6.92 Å². The second kappa shape index (κ2) is 3.94. The Balaban J connectivity index is 2.06. The van der Waals surface area contributed by atoms with Crippen molar-refractivity contribution in [1.82, 2.24) is 0 Å². The Morgan fingerprint density at radius 2 is 2.40 bits per heavy atom. The fourth-order valence-corrected chi connectivity index (χ4v) is 1.34. The van der Waals surface area contributed by atoms with Crippen molar-refractivity contribution in [2.45, 2.75) is 25.9 Å². The highest BCUT2D eigenvalue weighted by Crippen LogP contribution is 2.20. The minimum Gasteiger partial charge on any atom is -0.385 e. The van der Waals surface area contributed by atoms with E-state index in [1.54, 1.807) is 7.11 Å². The van der Waals surface area contributed by atoms with Gasteiger partial charge in [-0.15, -0.1) is 0 Å². The van der Waals surface area contributed by atoms with Gasteiger partial charge >= 0.3 is 0 Å². The lowest BCUT2D eigenvalue weighted by molar-refractivity contribution is 0.0734. The molecule has 0 aliphatic carbocycles. The SMILES string of the molecule is COCCC1C[C@@H](C)CO1. The molecule has 1 fully saturated rings. The zero-order chi connectivity index (χ0) is 7.40. The van der Waals surface area contributed by atoms with Crippen LogP contribution < -0.4 is 0 Å². The second-order valence-electron chi connectivity index (χ2n) is 3.08. The van der Waals surface area contributed by atoms with Gasteiger partial charge in [-0.2, -0.15) is 0 Å². The summed E-state index contributed by atoms with van der Waals surface area (Å²) in [5.41, 5.74) is 0. The van der Waals surface area contributed by atoms with Crippen molar-refractivity contribution in [1.29, 1.82) is 0 Å². The molecule has 1 saturated heterocycles. The summed E-state index contributed by atoms with van der Waals surface area (Å²) in [6.07, 6.45) is 2.74. The molecule has 0 bridgehead atoms. The van der Waals surface area contributed by atoms with Crippen LogP contribution in [0.25, 0.3) is 0 Å². The Morgan fingerprint density at radius 3 is 2.90 bits per heavy atom. The molecule has 0 radical (unpaired) electrons. The van der Waals surface area contributed by atoms with E-state index in [2.05, 4.69) is 6.92 Å². The fourth-order valence-electron chi connectivity index (χ4n) is 1.34. The molecule has 1 heterocycles. The van der Waals surface area contributed by atoms with Crippen LogP contribution in [0.4, 0.5) is 0 Å². The van der Waals surface area contributed by atoms with E-state index in [9.17, 15) is 0 Å². The minimum atomic E-state index is 0.468. The van der Waals surface area contributed by atoms with Gasteiger partial charge in [0.25, 0.3) is 0 Å². The highest BCUT2D eigenvalue weighted by atomic mass is 16.5. The molecule has 0 spiro atoms. The topological polar surface area (TPSA) is 18.5 Å². The molecule has 1 aliphatic rings. The Kier molecular flexibility index (Phi) is 3.16. The van der Waals surface area contributed by atoms with Crippen LogP contribution in [-0.4, -0.2) is 26.4 Å². The van der Waals surface area contributed by atoms with E-state index in [1.807, 2.05) is 0 Å². The van der Waals surface area contributed by atoms with Crippen LogP contribution in [0.2, 0.25) is 0 Å². The largest absolute Gasteiger partial charge is 0.385 e. The van der Waals surface area contributed by atoms with E-state index >= 15 is 0 Å². The molecule has 0 aromatic carbocycles. The quantitative estimate of drug-likeness (QED) is 0.597. The van der Waals surface area contributed by atoms with Crippen molar-refractivity contribution in [3.05, 3.63) is 0 Å². The fraction of sp³-hybridized carbons (Fsp3) is 1.00. The Morgan fingerprint density at radius 1 is 1.60 bits per heavy atom. The first kappa shape index (κ1) is 8.02. The average Bonchev–Trinajstić information content (AvgIpc) is 2.31. The lowest BCUT2D eigenvalue weighted by Gasteiger charge is -2.06. The minimum absolute atomic E-state index is 0.468. The molecule has 0 amide bonds. The molecule has 60 valence electrons. The highest BCUT2D eigenvalue weighted by Gasteiger charge is 2.20. The second-order valence-corrected chi connectivity index (χ2v) is 3.08. The van der Waals surface area contributed by atoms with Crippen LogP contribution >= 0.6 is 0 Å². The summed E-state index contributed by atoms with van der Waals surface area (Å²) >= 11 is 0. The summed E-state index contributed by atoms with van der Waals surface area (Å²) < 4.78 is 10.4. The van der Waals surface area contributed by atoms with Gasteiger partial charge in [0.05, 0.1) is 6.10 Å². The van der Waals surface area contributed by atoms with Gasteiger partial charge in [-0.3, -0.25) is 0 Å². The van der Waals surface area contributed by atoms with Crippen molar-refractivity contribution in [3.63, 3.8) is 0 Å². The van der Waals surface area contributed by atoms with Gasteiger partial charge in [-0.25, -0.2) is 0 Å². The zero-order valence-electron chi connectivity index (χ0n) is 6.80. The lowest BCUT2D eigenvalue weighted by Crippen LogP contribution is -2.07. The molecule has 0 saturated carbocycles. The summed E-state index contributed by atoms with van der Waals surface area (Å²) in [4.78, 5) is 0. The molecule has 0 aromatic rings. The molecule has 1 unspecified atom stereocenters. The molecular weight excluding hydrogens is 128 g/mol. The molecule has 0 N–H and O–H groups in total. The molecule has 1 rings (SSSR count). The lowest BCUT2D eigenvalue weighted by atomic mass is 10.1. The predicted octanol–water partition coefficient (Wildman–Crippen LogP) is 1.45. The van der Waals surface area contributed by atoms with Crippen molar-refractivity contribution in [3.8, 4) is 0 Å². The third-order valence-electron chi connectivity index (χ3n) is 1.93. The Bertz CT molecular complexity index is 93.3. The summed E-state index contributed by atoms with van der Waals surface area (Å²) in [5.74, 6) is 0.752. The molecule has 1 aliphatic heterocycles. The summed E-state index contributed by atoms with van der Waals surface area (Å²) in [6, 6.07) is 0. The van der Waals surface area contributed by atoms with Crippen molar-refractivity contribution in [2.75, 3.05) is 20.3 Å². The van der Waals surface area contributed by atoms with E-state index in [1.165, 1.54) is 6.42 Å². The first-order valence-corrected chi connectivity index (χ1v) is 3.93. The van der Waals surface area contributed by atoms with E-state index in [-0.39, 0.29) is 0 Å². The number of hydrogen-bond donors (Lipinski definition) is 0. The van der Waals surface area contributed by atoms with Crippen LogP contribution in [0.3, 0.4) is 0 Å². The van der Waals surface area contributed by atoms with Crippen LogP contribution in [0.5, 0.6) is 0 Å². The molecule has 2 atom stereocenters. The van der Waals surface area contributed by atoms with Crippen LogP contribution in [0, 0.1) is 5.92 Å². The Hall–Kier alpha value is -0.0800. The first-order chi connectivity index (χ1) is 4.83. The normalized spacial score (nSPS) is 33.0. The number of methoxy groups -OCH3 is 1. The zero-order valence-corrected chi connectivity index (χ0v) is 6.80. The van der Waals surface area contributed by atoms with Crippen molar-refractivity contribution < 1.29 is 9.47 Å².